The molecule has 1 heteroatoms. The molecule has 26 heavy (non-hydrogen) atoms. The SMILES string of the molecule is CCCCCCCCCCCCc1c(O)cccc1C(C)CCCCC. The van der Waals surface area contributed by atoms with Gasteiger partial charge in [0.1, 0.15) is 5.75 Å². The van der Waals surface area contributed by atoms with E-state index in [1.54, 1.807) is 0 Å². The Bertz CT molecular complexity index is 451. The molecule has 0 aromatic heterocycles. The van der Waals surface area contributed by atoms with Gasteiger partial charge in [-0.25, -0.2) is 0 Å². The van der Waals surface area contributed by atoms with Crippen LogP contribution in [-0.2, 0) is 6.42 Å². The Labute approximate surface area is 163 Å². The van der Waals surface area contributed by atoms with Gasteiger partial charge in [-0.15, -0.1) is 0 Å². The maximum atomic E-state index is 10.4. The van der Waals surface area contributed by atoms with Crippen molar-refractivity contribution in [1.29, 1.82) is 0 Å². The molecular formula is C25H44O. The van der Waals surface area contributed by atoms with Crippen molar-refractivity contribution in [2.24, 2.45) is 0 Å². The van der Waals surface area contributed by atoms with Crippen molar-refractivity contribution in [2.45, 2.75) is 123 Å². The molecule has 0 saturated carbocycles. The van der Waals surface area contributed by atoms with Crippen LogP contribution < -0.4 is 0 Å². The lowest BCUT2D eigenvalue weighted by molar-refractivity contribution is 0.462. The quantitative estimate of drug-likeness (QED) is 0.293. The maximum Gasteiger partial charge on any atom is 0.119 e. The highest BCUT2D eigenvalue weighted by Crippen LogP contribution is 2.31. The third kappa shape index (κ3) is 9.64. The van der Waals surface area contributed by atoms with Gasteiger partial charge in [-0.05, 0) is 42.4 Å². The zero-order chi connectivity index (χ0) is 19.0. The number of phenolic OH excluding ortho intramolecular Hbond substituents is 1. The highest BCUT2D eigenvalue weighted by atomic mass is 16.3. The molecule has 0 radical (unpaired) electrons. The summed E-state index contributed by atoms with van der Waals surface area (Å²) in [5.74, 6) is 1.08. The minimum absolute atomic E-state index is 0.515. The standard InChI is InChI=1S/C25H44O/c1-4-6-8-9-10-11-12-13-14-16-19-24-23(20-17-21-25(24)26)22(3)18-15-7-5-2/h17,20-22,26H,4-16,18-19H2,1-3H3. The van der Waals surface area contributed by atoms with Crippen molar-refractivity contribution in [2.75, 3.05) is 0 Å². The van der Waals surface area contributed by atoms with E-state index in [4.69, 9.17) is 0 Å². The van der Waals surface area contributed by atoms with E-state index in [1.165, 1.54) is 101 Å². The highest BCUT2D eigenvalue weighted by Gasteiger charge is 2.13. The molecule has 1 aromatic carbocycles. The normalized spacial score (nSPS) is 12.4. The molecular weight excluding hydrogens is 316 g/mol. The van der Waals surface area contributed by atoms with Gasteiger partial charge in [-0.2, -0.15) is 0 Å². The first-order chi connectivity index (χ1) is 12.7. The fourth-order valence-corrected chi connectivity index (χ4v) is 3.97. The number of benzene rings is 1. The van der Waals surface area contributed by atoms with Gasteiger partial charge >= 0.3 is 0 Å². The molecule has 0 saturated heterocycles. The molecule has 150 valence electrons. The fourth-order valence-electron chi connectivity index (χ4n) is 3.97. The number of hydrogen-bond donors (Lipinski definition) is 1. The zero-order valence-electron chi connectivity index (χ0n) is 17.9. The van der Waals surface area contributed by atoms with Crippen molar-refractivity contribution in [3.8, 4) is 5.75 Å². The minimum Gasteiger partial charge on any atom is -0.508 e. The van der Waals surface area contributed by atoms with Gasteiger partial charge in [-0.1, -0.05) is 110 Å². The van der Waals surface area contributed by atoms with Crippen molar-refractivity contribution in [3.63, 3.8) is 0 Å². The van der Waals surface area contributed by atoms with E-state index in [1.807, 2.05) is 12.1 Å². The Morgan fingerprint density at radius 2 is 1.27 bits per heavy atom. The first-order valence-corrected chi connectivity index (χ1v) is 11.5. The molecule has 0 aliphatic carbocycles. The first-order valence-electron chi connectivity index (χ1n) is 11.5. The van der Waals surface area contributed by atoms with Gasteiger partial charge in [0.05, 0.1) is 0 Å². The second-order valence-electron chi connectivity index (χ2n) is 8.17. The number of unbranched alkanes of at least 4 members (excludes halogenated alkanes) is 11. The summed E-state index contributed by atoms with van der Waals surface area (Å²) in [6.07, 6.45) is 19.8. The topological polar surface area (TPSA) is 20.2 Å². The number of phenols is 1. The van der Waals surface area contributed by atoms with Gasteiger partial charge in [-0.3, -0.25) is 0 Å². The van der Waals surface area contributed by atoms with Crippen molar-refractivity contribution < 1.29 is 5.11 Å². The van der Waals surface area contributed by atoms with Crippen LogP contribution in [0.25, 0.3) is 0 Å². The monoisotopic (exact) mass is 360 g/mol. The zero-order valence-corrected chi connectivity index (χ0v) is 17.9. The number of hydrogen-bond acceptors (Lipinski definition) is 1. The molecule has 1 nitrogen and oxygen atoms in total. The van der Waals surface area contributed by atoms with Crippen LogP contribution in [0.5, 0.6) is 5.75 Å². The molecule has 1 aromatic rings. The van der Waals surface area contributed by atoms with E-state index in [0.29, 0.717) is 11.7 Å². The third-order valence-electron chi connectivity index (χ3n) is 5.74. The van der Waals surface area contributed by atoms with Crippen molar-refractivity contribution in [3.05, 3.63) is 29.3 Å². The van der Waals surface area contributed by atoms with E-state index in [0.717, 1.165) is 6.42 Å². The van der Waals surface area contributed by atoms with Gasteiger partial charge in [0.2, 0.25) is 0 Å². The van der Waals surface area contributed by atoms with E-state index >= 15 is 0 Å². The Kier molecular flexibility index (Phi) is 13.4. The lowest BCUT2D eigenvalue weighted by Gasteiger charge is -2.18. The Morgan fingerprint density at radius 3 is 1.88 bits per heavy atom. The van der Waals surface area contributed by atoms with Gasteiger partial charge < -0.3 is 5.11 Å². The van der Waals surface area contributed by atoms with Crippen molar-refractivity contribution in [1.82, 2.24) is 0 Å². The first kappa shape index (κ1) is 23.1. The van der Waals surface area contributed by atoms with E-state index in [9.17, 15) is 5.11 Å². The van der Waals surface area contributed by atoms with Crippen LogP contribution in [0.4, 0.5) is 0 Å². The molecule has 0 spiro atoms. The van der Waals surface area contributed by atoms with E-state index in [2.05, 4.69) is 26.8 Å². The fraction of sp³-hybridized carbons (Fsp3) is 0.760. The summed E-state index contributed by atoms with van der Waals surface area (Å²) in [7, 11) is 0. The maximum absolute atomic E-state index is 10.4. The summed E-state index contributed by atoms with van der Waals surface area (Å²) in [5, 5.41) is 10.4. The lowest BCUT2D eigenvalue weighted by Crippen LogP contribution is -2.01. The second-order valence-corrected chi connectivity index (χ2v) is 8.17. The Balaban J connectivity index is 2.29. The summed E-state index contributed by atoms with van der Waals surface area (Å²) >= 11 is 0. The van der Waals surface area contributed by atoms with Crippen LogP contribution in [0.3, 0.4) is 0 Å². The largest absolute Gasteiger partial charge is 0.508 e. The van der Waals surface area contributed by atoms with Crippen molar-refractivity contribution >= 4 is 0 Å². The second kappa shape index (κ2) is 15.1. The molecule has 0 aliphatic heterocycles. The Hall–Kier alpha value is -0.980. The van der Waals surface area contributed by atoms with Gasteiger partial charge in [0.15, 0.2) is 0 Å². The summed E-state index contributed by atoms with van der Waals surface area (Å²) in [5.41, 5.74) is 2.60. The van der Waals surface area contributed by atoms with Crippen LogP contribution in [0, 0.1) is 0 Å². The predicted octanol–water partition coefficient (Wildman–Crippen LogP) is 8.54. The van der Waals surface area contributed by atoms with Crippen LogP contribution in [0.15, 0.2) is 18.2 Å². The smallest absolute Gasteiger partial charge is 0.119 e. The number of rotatable bonds is 16. The lowest BCUT2D eigenvalue weighted by atomic mass is 9.88. The minimum atomic E-state index is 0.515. The summed E-state index contributed by atoms with van der Waals surface area (Å²) < 4.78 is 0. The number of aromatic hydroxyl groups is 1. The molecule has 0 aliphatic rings. The predicted molar refractivity (Wildman–Crippen MR) is 116 cm³/mol. The molecule has 0 bridgehead atoms. The third-order valence-corrected chi connectivity index (χ3v) is 5.74. The Morgan fingerprint density at radius 1 is 0.731 bits per heavy atom. The van der Waals surface area contributed by atoms with E-state index in [-0.39, 0.29) is 0 Å². The van der Waals surface area contributed by atoms with Crippen LogP contribution >= 0.6 is 0 Å². The molecule has 1 rings (SSSR count). The summed E-state index contributed by atoms with van der Waals surface area (Å²) in [6.45, 7) is 6.87. The molecule has 0 heterocycles. The van der Waals surface area contributed by atoms with Crippen LogP contribution in [0.2, 0.25) is 0 Å². The molecule has 0 fully saturated rings. The highest BCUT2D eigenvalue weighted by molar-refractivity contribution is 5.41. The van der Waals surface area contributed by atoms with Gasteiger partial charge in [0, 0.05) is 0 Å². The van der Waals surface area contributed by atoms with E-state index < -0.39 is 0 Å². The van der Waals surface area contributed by atoms with Gasteiger partial charge in [0.25, 0.3) is 0 Å². The molecule has 0 amide bonds. The molecule has 1 atom stereocenters. The van der Waals surface area contributed by atoms with Crippen LogP contribution in [-0.4, -0.2) is 5.11 Å². The molecule has 1 unspecified atom stereocenters. The average molecular weight is 361 g/mol. The molecule has 1 N–H and O–H groups in total. The average Bonchev–Trinajstić information content (AvgIpc) is 2.64. The summed E-state index contributed by atoms with van der Waals surface area (Å²) in [4.78, 5) is 0. The van der Waals surface area contributed by atoms with Crippen LogP contribution in [0.1, 0.15) is 128 Å². The summed E-state index contributed by atoms with van der Waals surface area (Å²) in [6, 6.07) is 6.12.